The van der Waals surface area contributed by atoms with Crippen LogP contribution in [0, 0.1) is 18.8 Å². The Labute approximate surface area is 233 Å². The SMILES string of the molecule is Cc1c(C(=O)NC2CC(C(O)O)C2)c(Cl)c(-c2cc(C(C)(C)C)cc(C3(C)CC3)c2)n1CC1CCCCC1. The van der Waals surface area contributed by atoms with Gasteiger partial charge in [0.2, 0.25) is 0 Å². The van der Waals surface area contributed by atoms with E-state index < -0.39 is 6.29 Å². The molecule has 6 heteroatoms. The van der Waals surface area contributed by atoms with Crippen molar-refractivity contribution in [2.75, 3.05) is 0 Å². The Morgan fingerprint density at radius 1 is 1.13 bits per heavy atom. The quantitative estimate of drug-likeness (QED) is 0.336. The monoisotopic (exact) mass is 540 g/mol. The van der Waals surface area contributed by atoms with Crippen molar-refractivity contribution in [1.29, 1.82) is 0 Å². The summed E-state index contributed by atoms with van der Waals surface area (Å²) in [6, 6.07) is 6.93. The zero-order chi connectivity index (χ0) is 27.4. The van der Waals surface area contributed by atoms with Crippen molar-refractivity contribution in [2.45, 2.75) is 122 Å². The zero-order valence-corrected chi connectivity index (χ0v) is 24.5. The normalized spacial score (nSPS) is 23.4. The van der Waals surface area contributed by atoms with Gasteiger partial charge in [-0.25, -0.2) is 0 Å². The van der Waals surface area contributed by atoms with E-state index in [1.54, 1.807) is 0 Å². The standard InChI is InChI=1S/C32H45ClN2O3/c1-19-26(29(36)34-25-15-22(16-25)30(37)38)27(33)28(35(19)18-20-9-7-6-8-10-20)21-13-23(31(2,3)4)17-24(14-21)32(5)11-12-32/h13-14,17,20,22,25,30,37-38H,6-12,15-16,18H2,1-5H3,(H,34,36). The van der Waals surface area contributed by atoms with E-state index in [9.17, 15) is 15.0 Å². The molecule has 0 atom stereocenters. The minimum Gasteiger partial charge on any atom is -0.368 e. The highest BCUT2D eigenvalue weighted by Crippen LogP contribution is 2.50. The van der Waals surface area contributed by atoms with E-state index in [0.717, 1.165) is 23.5 Å². The minimum atomic E-state index is -1.32. The number of rotatable bonds is 7. The molecule has 3 fully saturated rings. The highest BCUT2D eigenvalue weighted by molar-refractivity contribution is 6.36. The summed E-state index contributed by atoms with van der Waals surface area (Å²) in [7, 11) is 0. The lowest BCUT2D eigenvalue weighted by atomic mass is 9.79. The maximum Gasteiger partial charge on any atom is 0.254 e. The summed E-state index contributed by atoms with van der Waals surface area (Å²) in [5, 5.41) is 22.5. The Bertz CT molecular complexity index is 1170. The van der Waals surface area contributed by atoms with Crippen LogP contribution in [0.1, 0.15) is 113 Å². The Morgan fingerprint density at radius 2 is 1.79 bits per heavy atom. The molecule has 0 bridgehead atoms. The summed E-state index contributed by atoms with van der Waals surface area (Å²) in [4.78, 5) is 13.6. The Morgan fingerprint density at radius 3 is 2.37 bits per heavy atom. The molecule has 2 aromatic rings. The molecule has 208 valence electrons. The lowest BCUT2D eigenvalue weighted by Crippen LogP contribution is -2.47. The largest absolute Gasteiger partial charge is 0.368 e. The van der Waals surface area contributed by atoms with E-state index in [1.165, 1.54) is 56.1 Å². The zero-order valence-electron chi connectivity index (χ0n) is 23.7. The lowest BCUT2D eigenvalue weighted by Gasteiger charge is -2.36. The first kappa shape index (κ1) is 27.7. The number of carbonyl (C=O) groups excluding carboxylic acids is 1. The smallest absolute Gasteiger partial charge is 0.254 e. The molecule has 0 saturated heterocycles. The first-order chi connectivity index (χ1) is 17.9. The van der Waals surface area contributed by atoms with Crippen LogP contribution < -0.4 is 5.32 Å². The van der Waals surface area contributed by atoms with Crippen LogP contribution in [-0.2, 0) is 17.4 Å². The number of aliphatic hydroxyl groups excluding tert-OH is 1. The molecule has 1 aromatic heterocycles. The number of hydrogen-bond donors (Lipinski definition) is 3. The maximum absolute atomic E-state index is 13.6. The molecule has 1 aromatic carbocycles. The molecule has 5 rings (SSSR count). The second kappa shape index (κ2) is 10.3. The van der Waals surface area contributed by atoms with Gasteiger partial charge in [0.1, 0.15) is 0 Å². The Hall–Kier alpha value is -1.82. The number of aliphatic hydroxyl groups is 2. The highest BCUT2D eigenvalue weighted by Gasteiger charge is 2.40. The Kier molecular flexibility index (Phi) is 7.52. The molecule has 3 saturated carbocycles. The van der Waals surface area contributed by atoms with Gasteiger partial charge in [0.05, 0.1) is 16.3 Å². The number of hydrogen-bond acceptors (Lipinski definition) is 3. The summed E-state index contributed by atoms with van der Waals surface area (Å²) >= 11 is 7.19. The van der Waals surface area contributed by atoms with Crippen LogP contribution in [-0.4, -0.2) is 33.0 Å². The molecule has 1 amide bonds. The van der Waals surface area contributed by atoms with Gasteiger partial charge >= 0.3 is 0 Å². The summed E-state index contributed by atoms with van der Waals surface area (Å²) < 4.78 is 2.33. The van der Waals surface area contributed by atoms with Gasteiger partial charge in [0, 0.05) is 29.8 Å². The third-order valence-corrected chi connectivity index (χ3v) is 9.93. The molecule has 3 aliphatic rings. The van der Waals surface area contributed by atoms with Crippen LogP contribution in [0.5, 0.6) is 0 Å². The van der Waals surface area contributed by atoms with Crippen molar-refractivity contribution in [2.24, 2.45) is 11.8 Å². The summed E-state index contributed by atoms with van der Waals surface area (Å²) in [6.07, 6.45) is 8.51. The number of halogens is 1. The predicted molar refractivity (Wildman–Crippen MR) is 154 cm³/mol. The number of nitrogens with zero attached hydrogens (tertiary/aromatic N) is 1. The number of amides is 1. The molecule has 0 aliphatic heterocycles. The van der Waals surface area contributed by atoms with Crippen LogP contribution in [0.3, 0.4) is 0 Å². The van der Waals surface area contributed by atoms with Gasteiger partial charge in [-0.2, -0.15) is 0 Å². The summed E-state index contributed by atoms with van der Waals surface area (Å²) in [5.41, 5.74) is 6.44. The average molecular weight is 541 g/mol. The van der Waals surface area contributed by atoms with Gasteiger partial charge < -0.3 is 20.1 Å². The maximum atomic E-state index is 13.6. The molecule has 5 nitrogen and oxygen atoms in total. The molecule has 0 unspecified atom stereocenters. The van der Waals surface area contributed by atoms with E-state index in [-0.39, 0.29) is 28.7 Å². The number of carbonyl (C=O) groups is 1. The fourth-order valence-corrected chi connectivity index (χ4v) is 6.84. The van der Waals surface area contributed by atoms with Crippen LogP contribution in [0.25, 0.3) is 11.3 Å². The van der Waals surface area contributed by atoms with Crippen molar-refractivity contribution < 1.29 is 15.0 Å². The molecular weight excluding hydrogens is 496 g/mol. The third-order valence-electron chi connectivity index (χ3n) is 9.56. The Balaban J connectivity index is 1.57. The van der Waals surface area contributed by atoms with Gasteiger partial charge in [0.25, 0.3) is 5.91 Å². The fourth-order valence-electron chi connectivity index (χ4n) is 6.40. The van der Waals surface area contributed by atoms with E-state index in [1.807, 2.05) is 6.92 Å². The van der Waals surface area contributed by atoms with Crippen molar-refractivity contribution >= 4 is 17.5 Å². The topological polar surface area (TPSA) is 74.5 Å². The van der Waals surface area contributed by atoms with E-state index in [0.29, 0.717) is 29.3 Å². The average Bonchev–Trinajstić information content (AvgIpc) is 3.53. The van der Waals surface area contributed by atoms with Gasteiger partial charge in [-0.05, 0) is 85.5 Å². The van der Waals surface area contributed by atoms with Gasteiger partial charge in [-0.15, -0.1) is 0 Å². The molecule has 0 spiro atoms. The first-order valence-corrected chi connectivity index (χ1v) is 15.0. The molecule has 3 N–H and O–H groups in total. The second-order valence-corrected chi connectivity index (χ2v) is 14.0. The minimum absolute atomic E-state index is 0.00341. The molecule has 0 radical (unpaired) electrons. The number of aromatic nitrogens is 1. The van der Waals surface area contributed by atoms with E-state index >= 15 is 0 Å². The van der Waals surface area contributed by atoms with Gasteiger partial charge in [0.15, 0.2) is 6.29 Å². The number of nitrogens with one attached hydrogen (secondary N) is 1. The molecule has 1 heterocycles. The predicted octanol–water partition coefficient (Wildman–Crippen LogP) is 6.87. The second-order valence-electron chi connectivity index (χ2n) is 13.7. The van der Waals surface area contributed by atoms with E-state index in [2.05, 4.69) is 55.8 Å². The lowest BCUT2D eigenvalue weighted by molar-refractivity contribution is -0.112. The van der Waals surface area contributed by atoms with Crippen LogP contribution in [0.4, 0.5) is 0 Å². The molecule has 38 heavy (non-hydrogen) atoms. The first-order valence-electron chi connectivity index (χ1n) is 14.6. The van der Waals surface area contributed by atoms with Crippen LogP contribution >= 0.6 is 11.6 Å². The van der Waals surface area contributed by atoms with Crippen molar-refractivity contribution in [1.82, 2.24) is 9.88 Å². The van der Waals surface area contributed by atoms with Gasteiger partial charge in [-0.3, -0.25) is 4.79 Å². The molecular formula is C32H45ClN2O3. The van der Waals surface area contributed by atoms with Crippen LogP contribution in [0.2, 0.25) is 5.02 Å². The van der Waals surface area contributed by atoms with Crippen molar-refractivity contribution in [3.8, 4) is 11.3 Å². The van der Waals surface area contributed by atoms with Crippen molar-refractivity contribution in [3.05, 3.63) is 45.6 Å². The van der Waals surface area contributed by atoms with Crippen LogP contribution in [0.15, 0.2) is 18.2 Å². The summed E-state index contributed by atoms with van der Waals surface area (Å²) in [5.74, 6) is 0.254. The summed E-state index contributed by atoms with van der Waals surface area (Å²) in [6.45, 7) is 12.0. The van der Waals surface area contributed by atoms with Gasteiger partial charge in [-0.1, -0.05) is 64.6 Å². The molecule has 3 aliphatic carbocycles. The fraction of sp³-hybridized carbons (Fsp3) is 0.656. The third kappa shape index (κ3) is 5.44. The van der Waals surface area contributed by atoms with E-state index in [4.69, 9.17) is 11.6 Å². The number of benzene rings is 1. The highest BCUT2D eigenvalue weighted by atomic mass is 35.5. The van der Waals surface area contributed by atoms with Crippen molar-refractivity contribution in [3.63, 3.8) is 0 Å².